The van der Waals surface area contributed by atoms with Crippen LogP contribution in [0.15, 0.2) is 58.5 Å². The minimum Gasteiger partial charge on any atom is -0.406 e. The zero-order valence-electron chi connectivity index (χ0n) is 17.8. The highest BCUT2D eigenvalue weighted by Gasteiger charge is 2.32. The van der Waals surface area contributed by atoms with E-state index in [1.165, 1.54) is 24.4 Å². The second-order valence-corrected chi connectivity index (χ2v) is 9.84. The maximum absolute atomic E-state index is 13.6. The van der Waals surface area contributed by atoms with Crippen LogP contribution in [-0.4, -0.2) is 44.1 Å². The first-order valence-corrected chi connectivity index (χ1v) is 12.0. The number of alkyl halides is 3. The molecule has 33 heavy (non-hydrogen) atoms. The quantitative estimate of drug-likeness (QED) is 0.580. The van der Waals surface area contributed by atoms with Crippen molar-refractivity contribution >= 4 is 26.4 Å². The van der Waals surface area contributed by atoms with Crippen LogP contribution in [0.3, 0.4) is 0 Å². The van der Waals surface area contributed by atoms with Gasteiger partial charge >= 0.3 is 6.36 Å². The van der Waals surface area contributed by atoms with Gasteiger partial charge < -0.3 is 14.7 Å². The van der Waals surface area contributed by atoms with Crippen LogP contribution in [0.5, 0.6) is 5.75 Å². The highest BCUT2D eigenvalue weighted by molar-refractivity contribution is 7.91. The lowest BCUT2D eigenvalue weighted by atomic mass is 10.1. The molecule has 0 aliphatic carbocycles. The average molecular weight is 481 g/mol. The summed E-state index contributed by atoms with van der Waals surface area (Å²) in [5, 5.41) is 10.1. The largest absolute Gasteiger partial charge is 0.573 e. The van der Waals surface area contributed by atoms with Gasteiger partial charge in [0.2, 0.25) is 9.84 Å². The van der Waals surface area contributed by atoms with Crippen LogP contribution in [0.4, 0.5) is 18.9 Å². The Hall–Kier alpha value is -2.85. The number of fused-ring (bicyclic) bond motifs is 1. The molecule has 2 heterocycles. The normalized spacial score (nSPS) is 15.7. The molecule has 0 bridgehead atoms. The molecule has 1 aromatic heterocycles. The summed E-state index contributed by atoms with van der Waals surface area (Å²) in [7, 11) is -4.03. The number of anilines is 1. The van der Waals surface area contributed by atoms with Crippen molar-refractivity contribution in [3.05, 3.63) is 54.2 Å². The average Bonchev–Trinajstić information content (AvgIpc) is 2.78. The Morgan fingerprint density at radius 1 is 1.12 bits per heavy atom. The highest BCUT2D eigenvalue weighted by Crippen LogP contribution is 2.39. The van der Waals surface area contributed by atoms with E-state index in [4.69, 9.17) is 0 Å². The molecule has 0 spiro atoms. The Balaban J connectivity index is 1.91. The van der Waals surface area contributed by atoms with Crippen LogP contribution in [0.2, 0.25) is 0 Å². The molecule has 1 N–H and O–H groups in total. The number of pyridine rings is 1. The van der Waals surface area contributed by atoms with E-state index in [1.807, 2.05) is 6.92 Å². The number of sulfone groups is 1. The molecule has 6 nitrogen and oxygen atoms in total. The Bertz CT molecular complexity index is 1250. The number of aliphatic hydroxyl groups excluding tert-OH is 1. The maximum Gasteiger partial charge on any atom is 0.573 e. The fraction of sp³-hybridized carbons (Fsp3) is 0.348. The van der Waals surface area contributed by atoms with Gasteiger partial charge in [0.1, 0.15) is 10.6 Å². The summed E-state index contributed by atoms with van der Waals surface area (Å²) in [6, 6.07) is 10.2. The third-order valence-electron chi connectivity index (χ3n) is 5.72. The van der Waals surface area contributed by atoms with E-state index in [0.717, 1.165) is 24.1 Å². The summed E-state index contributed by atoms with van der Waals surface area (Å²) in [6.07, 6.45) is -2.58. The Morgan fingerprint density at radius 3 is 2.39 bits per heavy atom. The monoisotopic (exact) mass is 480 g/mol. The van der Waals surface area contributed by atoms with Gasteiger partial charge in [-0.2, -0.15) is 0 Å². The zero-order valence-corrected chi connectivity index (χ0v) is 18.7. The minimum atomic E-state index is -4.89. The van der Waals surface area contributed by atoms with Gasteiger partial charge in [-0.05, 0) is 55.2 Å². The predicted molar refractivity (Wildman–Crippen MR) is 117 cm³/mol. The second-order valence-electron chi connectivity index (χ2n) is 7.92. The van der Waals surface area contributed by atoms with Crippen molar-refractivity contribution in [1.29, 1.82) is 0 Å². The summed E-state index contributed by atoms with van der Waals surface area (Å²) in [5.41, 5.74) is 1.58. The van der Waals surface area contributed by atoms with Crippen LogP contribution in [0, 0.1) is 0 Å². The molecule has 176 valence electrons. The lowest BCUT2D eigenvalue weighted by Gasteiger charge is -2.33. The number of rotatable bonds is 5. The minimum absolute atomic E-state index is 0.0711. The molecule has 0 radical (unpaired) electrons. The van der Waals surface area contributed by atoms with Crippen molar-refractivity contribution in [2.75, 3.05) is 18.0 Å². The summed E-state index contributed by atoms with van der Waals surface area (Å²) in [5.74, 6) is -0.461. The molecule has 0 amide bonds. The SMILES string of the molecule is CCc1ccc(S(=O)(=O)c2cnc3ccc(OC(F)(F)F)cc3c2N2CCC(O)CC2)cc1. The van der Waals surface area contributed by atoms with Gasteiger partial charge in [0.05, 0.1) is 22.2 Å². The molecule has 10 heteroatoms. The first kappa shape index (κ1) is 23.3. The first-order valence-electron chi connectivity index (χ1n) is 10.5. The summed E-state index contributed by atoms with van der Waals surface area (Å²) >= 11 is 0. The van der Waals surface area contributed by atoms with E-state index < -0.39 is 28.1 Å². The van der Waals surface area contributed by atoms with Crippen LogP contribution in [0.25, 0.3) is 10.9 Å². The molecule has 2 aromatic carbocycles. The van der Waals surface area contributed by atoms with Crippen molar-refractivity contribution in [2.24, 2.45) is 0 Å². The number of aromatic nitrogens is 1. The number of hydrogen-bond donors (Lipinski definition) is 1. The molecule has 0 atom stereocenters. The van der Waals surface area contributed by atoms with Gasteiger partial charge in [-0.15, -0.1) is 13.2 Å². The molecular weight excluding hydrogens is 457 g/mol. The van der Waals surface area contributed by atoms with Gasteiger partial charge in [-0.3, -0.25) is 4.98 Å². The van der Waals surface area contributed by atoms with Gasteiger partial charge in [0.25, 0.3) is 0 Å². The van der Waals surface area contributed by atoms with Crippen LogP contribution in [0.1, 0.15) is 25.3 Å². The molecule has 1 saturated heterocycles. The predicted octanol–water partition coefficient (Wildman–Crippen LogP) is 4.49. The molecule has 1 aliphatic heterocycles. The van der Waals surface area contributed by atoms with Crippen molar-refractivity contribution in [2.45, 2.75) is 48.4 Å². The van der Waals surface area contributed by atoms with Crippen molar-refractivity contribution in [3.8, 4) is 5.75 Å². The fourth-order valence-electron chi connectivity index (χ4n) is 3.98. The molecule has 1 fully saturated rings. The van der Waals surface area contributed by atoms with E-state index in [9.17, 15) is 26.7 Å². The molecule has 4 rings (SSSR count). The van der Waals surface area contributed by atoms with E-state index in [-0.39, 0.29) is 20.9 Å². The van der Waals surface area contributed by atoms with E-state index in [0.29, 0.717) is 31.4 Å². The molecule has 3 aromatic rings. The van der Waals surface area contributed by atoms with Crippen LogP contribution < -0.4 is 9.64 Å². The number of hydrogen-bond acceptors (Lipinski definition) is 6. The van der Waals surface area contributed by atoms with E-state index in [2.05, 4.69) is 9.72 Å². The topological polar surface area (TPSA) is 79.7 Å². The van der Waals surface area contributed by atoms with Crippen LogP contribution in [-0.2, 0) is 16.3 Å². The molecule has 1 aliphatic rings. The highest BCUT2D eigenvalue weighted by atomic mass is 32.2. The lowest BCUT2D eigenvalue weighted by molar-refractivity contribution is -0.274. The third kappa shape index (κ3) is 4.91. The number of nitrogens with zero attached hydrogens (tertiary/aromatic N) is 2. The lowest BCUT2D eigenvalue weighted by Crippen LogP contribution is -2.36. The van der Waals surface area contributed by atoms with E-state index >= 15 is 0 Å². The summed E-state index contributed by atoms with van der Waals surface area (Å²) in [4.78, 5) is 5.98. The fourth-order valence-corrected chi connectivity index (χ4v) is 5.41. The Morgan fingerprint density at radius 2 is 1.79 bits per heavy atom. The van der Waals surface area contributed by atoms with Crippen molar-refractivity contribution in [1.82, 2.24) is 4.98 Å². The summed E-state index contributed by atoms with van der Waals surface area (Å²) in [6.45, 7) is 2.66. The number of halogens is 3. The van der Waals surface area contributed by atoms with Crippen molar-refractivity contribution < 1.29 is 31.4 Å². The number of aliphatic hydroxyl groups is 1. The van der Waals surface area contributed by atoms with Gasteiger partial charge in [-0.25, -0.2) is 8.42 Å². The second kappa shape index (κ2) is 8.83. The number of piperidine rings is 1. The van der Waals surface area contributed by atoms with Gasteiger partial charge in [0.15, 0.2) is 0 Å². The smallest absolute Gasteiger partial charge is 0.406 e. The Kier molecular flexibility index (Phi) is 6.24. The number of ether oxygens (including phenoxy) is 1. The third-order valence-corrected chi connectivity index (χ3v) is 7.49. The number of benzene rings is 2. The van der Waals surface area contributed by atoms with Gasteiger partial charge in [-0.1, -0.05) is 19.1 Å². The van der Waals surface area contributed by atoms with E-state index in [1.54, 1.807) is 17.0 Å². The summed E-state index contributed by atoms with van der Waals surface area (Å²) < 4.78 is 69.7. The first-order chi connectivity index (χ1) is 15.6. The molecule has 0 saturated carbocycles. The maximum atomic E-state index is 13.6. The van der Waals surface area contributed by atoms with Gasteiger partial charge in [0, 0.05) is 24.7 Å². The zero-order chi connectivity index (χ0) is 23.8. The molecule has 0 unspecified atom stereocenters. The Labute approximate surface area is 189 Å². The standard InChI is InChI=1S/C23H23F3N2O4S/c1-2-15-3-6-18(7-4-15)33(30,31)21-14-27-20-8-5-17(32-23(24,25)26)13-19(20)22(21)28-11-9-16(29)10-12-28/h3-8,13-14,16,29H,2,9-12H2,1H3. The van der Waals surface area contributed by atoms with Crippen LogP contribution >= 0.6 is 0 Å². The van der Waals surface area contributed by atoms with Crippen molar-refractivity contribution in [3.63, 3.8) is 0 Å². The molecular formula is C23H23F3N2O4S. The number of aryl methyl sites for hydroxylation is 1.